The summed E-state index contributed by atoms with van der Waals surface area (Å²) in [4.78, 5) is 11.7. The molecule has 1 rings (SSSR count). The summed E-state index contributed by atoms with van der Waals surface area (Å²) in [5.41, 5.74) is 1.19. The standard InChI is InChI=1S/C13H15NO2S/c1-10(7-15)8-17-9-13(16)12-4-2-11(6-14)3-5-12/h2-5,10,15H,7-9H2,1H3. The normalized spacial score (nSPS) is 11.8. The average molecular weight is 249 g/mol. The first-order chi connectivity index (χ1) is 8.17. The number of ketones is 1. The van der Waals surface area contributed by atoms with Crippen LogP contribution in [0.1, 0.15) is 22.8 Å². The molecular formula is C13H15NO2S. The number of rotatable bonds is 6. The number of hydrogen-bond acceptors (Lipinski definition) is 4. The van der Waals surface area contributed by atoms with Crippen molar-refractivity contribution in [3.8, 4) is 6.07 Å². The van der Waals surface area contributed by atoms with Gasteiger partial charge in [0.2, 0.25) is 0 Å². The number of carbonyl (C=O) groups excluding carboxylic acids is 1. The molecule has 0 amide bonds. The van der Waals surface area contributed by atoms with E-state index >= 15 is 0 Å². The van der Waals surface area contributed by atoms with Gasteiger partial charge in [0.25, 0.3) is 0 Å². The number of nitrogens with zero attached hydrogens (tertiary/aromatic N) is 1. The zero-order valence-electron chi connectivity index (χ0n) is 9.72. The maximum atomic E-state index is 11.7. The van der Waals surface area contributed by atoms with Crippen LogP contribution in [0, 0.1) is 17.2 Å². The van der Waals surface area contributed by atoms with Gasteiger partial charge in [0, 0.05) is 12.2 Å². The van der Waals surface area contributed by atoms with E-state index in [2.05, 4.69) is 0 Å². The average Bonchev–Trinajstić information content (AvgIpc) is 2.38. The lowest BCUT2D eigenvalue weighted by Crippen LogP contribution is -2.08. The third-order valence-corrected chi connectivity index (χ3v) is 3.55. The quantitative estimate of drug-likeness (QED) is 0.784. The number of carbonyl (C=O) groups is 1. The molecule has 0 aliphatic carbocycles. The topological polar surface area (TPSA) is 61.1 Å². The van der Waals surface area contributed by atoms with Crippen molar-refractivity contribution in [1.29, 1.82) is 5.26 Å². The maximum absolute atomic E-state index is 11.7. The molecule has 0 saturated carbocycles. The second-order valence-corrected chi connectivity index (χ2v) is 4.95. The number of hydrogen-bond donors (Lipinski definition) is 1. The molecule has 1 aromatic carbocycles. The summed E-state index contributed by atoms with van der Waals surface area (Å²) >= 11 is 1.52. The molecule has 0 aromatic heterocycles. The SMILES string of the molecule is CC(CO)CSCC(=O)c1ccc(C#N)cc1. The van der Waals surface area contributed by atoms with Crippen LogP contribution in [0.4, 0.5) is 0 Å². The number of aliphatic hydroxyl groups is 1. The molecule has 0 bridgehead atoms. The van der Waals surface area contributed by atoms with Crippen LogP contribution in [-0.2, 0) is 0 Å². The van der Waals surface area contributed by atoms with E-state index in [9.17, 15) is 4.79 Å². The van der Waals surface area contributed by atoms with Crippen LogP contribution in [0.5, 0.6) is 0 Å². The van der Waals surface area contributed by atoms with E-state index in [0.29, 0.717) is 16.9 Å². The summed E-state index contributed by atoms with van der Waals surface area (Å²) in [6.45, 7) is 2.09. The van der Waals surface area contributed by atoms with Gasteiger partial charge >= 0.3 is 0 Å². The van der Waals surface area contributed by atoms with Crippen molar-refractivity contribution in [1.82, 2.24) is 0 Å². The van der Waals surface area contributed by atoms with E-state index in [1.54, 1.807) is 24.3 Å². The molecule has 1 unspecified atom stereocenters. The largest absolute Gasteiger partial charge is 0.396 e. The maximum Gasteiger partial charge on any atom is 0.172 e. The van der Waals surface area contributed by atoms with Gasteiger partial charge in [-0.3, -0.25) is 4.79 Å². The molecule has 0 radical (unpaired) electrons. The summed E-state index contributed by atoms with van der Waals surface area (Å²) in [5.74, 6) is 1.47. The molecule has 0 saturated heterocycles. The zero-order valence-corrected chi connectivity index (χ0v) is 10.5. The fourth-order valence-corrected chi connectivity index (χ4v) is 2.20. The number of nitriles is 1. The van der Waals surface area contributed by atoms with Crippen LogP contribution in [0.2, 0.25) is 0 Å². The molecule has 3 nitrogen and oxygen atoms in total. The van der Waals surface area contributed by atoms with Gasteiger partial charge in [-0.2, -0.15) is 17.0 Å². The molecule has 1 atom stereocenters. The van der Waals surface area contributed by atoms with Gasteiger partial charge in [-0.25, -0.2) is 0 Å². The van der Waals surface area contributed by atoms with Gasteiger partial charge in [0.15, 0.2) is 5.78 Å². The lowest BCUT2D eigenvalue weighted by molar-refractivity contribution is 0.102. The van der Waals surface area contributed by atoms with Gasteiger partial charge in [-0.15, -0.1) is 0 Å². The van der Waals surface area contributed by atoms with Crippen molar-refractivity contribution in [2.24, 2.45) is 5.92 Å². The fraction of sp³-hybridized carbons (Fsp3) is 0.385. The molecule has 0 aliphatic heterocycles. The fourth-order valence-electron chi connectivity index (χ4n) is 1.22. The molecular weight excluding hydrogens is 234 g/mol. The Bertz CT molecular complexity index is 408. The molecule has 4 heteroatoms. The molecule has 1 aromatic rings. The van der Waals surface area contributed by atoms with E-state index in [4.69, 9.17) is 10.4 Å². The van der Waals surface area contributed by atoms with E-state index < -0.39 is 0 Å². The van der Waals surface area contributed by atoms with Crippen LogP contribution in [0.15, 0.2) is 24.3 Å². The van der Waals surface area contributed by atoms with Gasteiger partial charge in [-0.1, -0.05) is 19.1 Å². The molecule has 17 heavy (non-hydrogen) atoms. The van der Waals surface area contributed by atoms with Crippen LogP contribution in [-0.4, -0.2) is 29.0 Å². The smallest absolute Gasteiger partial charge is 0.172 e. The van der Waals surface area contributed by atoms with Gasteiger partial charge < -0.3 is 5.11 Å². The molecule has 90 valence electrons. The highest BCUT2D eigenvalue weighted by Gasteiger charge is 2.07. The Morgan fingerprint density at radius 2 is 2.12 bits per heavy atom. The minimum Gasteiger partial charge on any atom is -0.396 e. The Morgan fingerprint density at radius 3 is 2.65 bits per heavy atom. The number of thioether (sulfide) groups is 1. The summed E-state index contributed by atoms with van der Waals surface area (Å²) in [6, 6.07) is 8.66. The Kier molecular flexibility index (Phi) is 5.75. The minimum absolute atomic E-state index is 0.0598. The van der Waals surface area contributed by atoms with E-state index in [-0.39, 0.29) is 18.3 Å². The van der Waals surface area contributed by atoms with Crippen molar-refractivity contribution < 1.29 is 9.90 Å². The van der Waals surface area contributed by atoms with Gasteiger partial charge in [0.1, 0.15) is 0 Å². The second-order valence-electron chi connectivity index (χ2n) is 3.92. The van der Waals surface area contributed by atoms with E-state index in [1.807, 2.05) is 13.0 Å². The Hall–Kier alpha value is -1.31. The summed E-state index contributed by atoms with van der Waals surface area (Å²) in [5, 5.41) is 17.5. The van der Waals surface area contributed by atoms with Crippen molar-refractivity contribution in [3.05, 3.63) is 35.4 Å². The first-order valence-electron chi connectivity index (χ1n) is 5.39. The second kappa shape index (κ2) is 7.10. The first-order valence-corrected chi connectivity index (χ1v) is 6.54. The molecule has 0 fully saturated rings. The van der Waals surface area contributed by atoms with Gasteiger partial charge in [0.05, 0.1) is 17.4 Å². The van der Waals surface area contributed by atoms with Crippen LogP contribution >= 0.6 is 11.8 Å². The zero-order chi connectivity index (χ0) is 12.7. The lowest BCUT2D eigenvalue weighted by Gasteiger charge is -2.06. The highest BCUT2D eigenvalue weighted by Crippen LogP contribution is 2.12. The summed E-state index contributed by atoms with van der Waals surface area (Å²) < 4.78 is 0. The predicted molar refractivity (Wildman–Crippen MR) is 69.1 cm³/mol. The van der Waals surface area contributed by atoms with Crippen molar-refractivity contribution >= 4 is 17.5 Å². The molecule has 0 spiro atoms. The summed E-state index contributed by atoms with van der Waals surface area (Å²) in [6.07, 6.45) is 0. The van der Waals surface area contributed by atoms with Crippen LogP contribution in [0.25, 0.3) is 0 Å². The van der Waals surface area contributed by atoms with Crippen LogP contribution < -0.4 is 0 Å². The highest BCUT2D eigenvalue weighted by atomic mass is 32.2. The third-order valence-electron chi connectivity index (χ3n) is 2.28. The number of Topliss-reactive ketones (excluding diaryl/α,β-unsaturated/α-hetero) is 1. The highest BCUT2D eigenvalue weighted by molar-refractivity contribution is 7.99. The molecule has 0 heterocycles. The first kappa shape index (κ1) is 13.8. The van der Waals surface area contributed by atoms with Crippen molar-refractivity contribution in [2.75, 3.05) is 18.1 Å². The summed E-state index contributed by atoms with van der Waals surface area (Å²) in [7, 11) is 0. The molecule has 1 N–H and O–H groups in total. The minimum atomic E-state index is 0.0598. The number of benzene rings is 1. The third kappa shape index (κ3) is 4.59. The predicted octanol–water partition coefficient (Wildman–Crippen LogP) is 2.10. The Morgan fingerprint density at radius 1 is 1.47 bits per heavy atom. The van der Waals surface area contributed by atoms with E-state index in [0.717, 1.165) is 5.75 Å². The monoisotopic (exact) mass is 249 g/mol. The lowest BCUT2D eigenvalue weighted by atomic mass is 10.1. The van der Waals surface area contributed by atoms with Crippen LogP contribution in [0.3, 0.4) is 0 Å². The number of aliphatic hydroxyl groups excluding tert-OH is 1. The van der Waals surface area contributed by atoms with E-state index in [1.165, 1.54) is 11.8 Å². The van der Waals surface area contributed by atoms with Crippen molar-refractivity contribution in [3.63, 3.8) is 0 Å². The van der Waals surface area contributed by atoms with Gasteiger partial charge in [-0.05, 0) is 23.8 Å². The molecule has 0 aliphatic rings. The Labute approximate surface area is 105 Å². The van der Waals surface area contributed by atoms with Crippen molar-refractivity contribution in [2.45, 2.75) is 6.92 Å². The Balaban J connectivity index is 2.44.